The molecule has 0 aromatic carbocycles. The molecule has 1 heterocycles. The van der Waals surface area contributed by atoms with E-state index in [2.05, 4.69) is 30.6 Å². The van der Waals surface area contributed by atoms with Crippen molar-refractivity contribution in [1.82, 2.24) is 5.32 Å². The van der Waals surface area contributed by atoms with Crippen molar-refractivity contribution in [2.75, 3.05) is 0 Å². The SMILES string of the molecule is C=C/C=C1\C=CCC(CC=C)N1.Cl. The van der Waals surface area contributed by atoms with Crippen LogP contribution in [0.5, 0.6) is 0 Å². The Hall–Kier alpha value is -0.950. The molecular weight excluding hydrogens is 182 g/mol. The summed E-state index contributed by atoms with van der Waals surface area (Å²) in [5.41, 5.74) is 1.14. The van der Waals surface area contributed by atoms with Gasteiger partial charge in [0.05, 0.1) is 0 Å². The van der Waals surface area contributed by atoms with Gasteiger partial charge in [-0.15, -0.1) is 19.0 Å². The van der Waals surface area contributed by atoms with Crippen molar-refractivity contribution in [3.63, 3.8) is 0 Å². The van der Waals surface area contributed by atoms with Crippen LogP contribution in [0.4, 0.5) is 0 Å². The van der Waals surface area contributed by atoms with E-state index in [1.54, 1.807) is 6.08 Å². The predicted molar refractivity (Wildman–Crippen MR) is 61.0 cm³/mol. The summed E-state index contributed by atoms with van der Waals surface area (Å²) >= 11 is 0. The van der Waals surface area contributed by atoms with E-state index in [9.17, 15) is 0 Å². The molecule has 1 rings (SSSR count). The minimum atomic E-state index is 0. The molecule has 2 heteroatoms. The smallest absolute Gasteiger partial charge is 0.0339 e. The van der Waals surface area contributed by atoms with Gasteiger partial charge in [-0.1, -0.05) is 24.8 Å². The van der Waals surface area contributed by atoms with Gasteiger partial charge in [0.25, 0.3) is 0 Å². The van der Waals surface area contributed by atoms with Crippen LogP contribution < -0.4 is 5.32 Å². The van der Waals surface area contributed by atoms with E-state index >= 15 is 0 Å². The van der Waals surface area contributed by atoms with Crippen LogP contribution in [-0.4, -0.2) is 6.04 Å². The Morgan fingerprint density at radius 3 is 2.92 bits per heavy atom. The molecule has 0 aromatic rings. The van der Waals surface area contributed by atoms with Crippen LogP contribution in [-0.2, 0) is 0 Å². The molecule has 1 nitrogen and oxygen atoms in total. The van der Waals surface area contributed by atoms with Gasteiger partial charge in [-0.2, -0.15) is 0 Å². The fourth-order valence-corrected chi connectivity index (χ4v) is 1.29. The third kappa shape index (κ3) is 4.00. The van der Waals surface area contributed by atoms with E-state index in [0.29, 0.717) is 6.04 Å². The Morgan fingerprint density at radius 1 is 1.54 bits per heavy atom. The zero-order chi connectivity index (χ0) is 8.81. The normalized spacial score (nSPS) is 23.1. The van der Waals surface area contributed by atoms with E-state index in [1.807, 2.05) is 12.2 Å². The molecule has 1 aliphatic rings. The van der Waals surface area contributed by atoms with Crippen molar-refractivity contribution in [2.45, 2.75) is 18.9 Å². The molecule has 72 valence electrons. The minimum Gasteiger partial charge on any atom is -0.382 e. The summed E-state index contributed by atoms with van der Waals surface area (Å²) < 4.78 is 0. The highest BCUT2D eigenvalue weighted by molar-refractivity contribution is 5.85. The topological polar surface area (TPSA) is 12.0 Å². The van der Waals surface area contributed by atoms with Gasteiger partial charge in [-0.05, 0) is 25.0 Å². The van der Waals surface area contributed by atoms with E-state index in [-0.39, 0.29) is 12.4 Å². The molecule has 1 atom stereocenters. The average Bonchev–Trinajstić information content (AvgIpc) is 2.06. The molecule has 0 aromatic heterocycles. The molecule has 0 bridgehead atoms. The number of hydrogen-bond acceptors (Lipinski definition) is 1. The molecule has 1 unspecified atom stereocenters. The largest absolute Gasteiger partial charge is 0.382 e. The van der Waals surface area contributed by atoms with Crippen molar-refractivity contribution >= 4 is 12.4 Å². The summed E-state index contributed by atoms with van der Waals surface area (Å²) in [6, 6.07) is 0.513. The van der Waals surface area contributed by atoms with Gasteiger partial charge < -0.3 is 5.32 Å². The first-order chi connectivity index (χ1) is 5.86. The van der Waals surface area contributed by atoms with E-state index in [0.717, 1.165) is 18.5 Å². The lowest BCUT2D eigenvalue weighted by atomic mass is 10.1. The molecule has 1 N–H and O–H groups in total. The summed E-state index contributed by atoms with van der Waals surface area (Å²) in [5, 5.41) is 3.39. The Kier molecular flexibility index (Phi) is 6.07. The van der Waals surface area contributed by atoms with Gasteiger partial charge in [-0.25, -0.2) is 0 Å². The highest BCUT2D eigenvalue weighted by atomic mass is 35.5. The number of allylic oxidation sites excluding steroid dienone is 3. The Bertz CT molecular complexity index is 228. The van der Waals surface area contributed by atoms with Crippen LogP contribution in [0.2, 0.25) is 0 Å². The summed E-state index contributed by atoms with van der Waals surface area (Å²) in [6.45, 7) is 7.38. The van der Waals surface area contributed by atoms with Gasteiger partial charge in [0.15, 0.2) is 0 Å². The van der Waals surface area contributed by atoms with E-state index < -0.39 is 0 Å². The Balaban J connectivity index is 0.00000144. The van der Waals surface area contributed by atoms with E-state index in [1.165, 1.54) is 0 Å². The second kappa shape index (κ2) is 6.55. The lowest BCUT2D eigenvalue weighted by Crippen LogP contribution is -2.29. The molecule has 13 heavy (non-hydrogen) atoms. The molecule has 0 amide bonds. The van der Waals surface area contributed by atoms with Crippen LogP contribution >= 0.6 is 12.4 Å². The maximum atomic E-state index is 3.72. The van der Waals surface area contributed by atoms with Crippen molar-refractivity contribution in [3.05, 3.63) is 49.2 Å². The third-order valence-corrected chi connectivity index (χ3v) is 1.84. The fraction of sp³-hybridized carbons (Fsp3) is 0.273. The van der Waals surface area contributed by atoms with Crippen LogP contribution in [0.15, 0.2) is 49.2 Å². The van der Waals surface area contributed by atoms with Crippen LogP contribution in [0.25, 0.3) is 0 Å². The molecule has 0 fully saturated rings. The second-order valence-electron chi connectivity index (χ2n) is 2.86. The summed E-state index contributed by atoms with van der Waals surface area (Å²) in [5.74, 6) is 0. The Labute approximate surface area is 86.3 Å². The highest BCUT2D eigenvalue weighted by Crippen LogP contribution is 2.10. The van der Waals surface area contributed by atoms with Crippen molar-refractivity contribution in [3.8, 4) is 0 Å². The molecule has 0 spiro atoms. The molecule has 1 aliphatic heterocycles. The van der Waals surface area contributed by atoms with Gasteiger partial charge in [-0.3, -0.25) is 0 Å². The maximum absolute atomic E-state index is 3.72. The zero-order valence-corrected chi connectivity index (χ0v) is 8.52. The lowest BCUT2D eigenvalue weighted by Gasteiger charge is -2.21. The summed E-state index contributed by atoms with van der Waals surface area (Å²) in [4.78, 5) is 0. The highest BCUT2D eigenvalue weighted by Gasteiger charge is 2.08. The summed E-state index contributed by atoms with van der Waals surface area (Å²) in [6.07, 6.45) is 12.1. The van der Waals surface area contributed by atoms with E-state index in [4.69, 9.17) is 0 Å². The molecule has 0 aliphatic carbocycles. The Morgan fingerprint density at radius 2 is 2.31 bits per heavy atom. The van der Waals surface area contributed by atoms with Crippen molar-refractivity contribution in [1.29, 1.82) is 0 Å². The van der Waals surface area contributed by atoms with Crippen LogP contribution in [0, 0.1) is 0 Å². The second-order valence-corrected chi connectivity index (χ2v) is 2.86. The van der Waals surface area contributed by atoms with Gasteiger partial charge in [0.1, 0.15) is 0 Å². The average molecular weight is 198 g/mol. The number of nitrogens with one attached hydrogen (secondary N) is 1. The fourth-order valence-electron chi connectivity index (χ4n) is 1.29. The molecule has 0 radical (unpaired) electrons. The van der Waals surface area contributed by atoms with Crippen LogP contribution in [0.3, 0.4) is 0 Å². The minimum absolute atomic E-state index is 0. The maximum Gasteiger partial charge on any atom is 0.0339 e. The third-order valence-electron chi connectivity index (χ3n) is 1.84. The van der Waals surface area contributed by atoms with Gasteiger partial charge in [0, 0.05) is 11.7 Å². The quantitative estimate of drug-likeness (QED) is 0.686. The predicted octanol–water partition coefficient (Wildman–Crippen LogP) is 2.97. The first-order valence-electron chi connectivity index (χ1n) is 4.23. The molecule has 0 saturated carbocycles. The van der Waals surface area contributed by atoms with Gasteiger partial charge in [0.2, 0.25) is 0 Å². The van der Waals surface area contributed by atoms with Crippen LogP contribution in [0.1, 0.15) is 12.8 Å². The molecule has 0 saturated heterocycles. The standard InChI is InChI=1S/C11H15N.ClH/c1-3-6-10-8-5-9-11(12-10)7-4-2;/h3-6,8,11-12H,1-2,7,9H2;1H/b10-6+;. The zero-order valence-electron chi connectivity index (χ0n) is 7.70. The summed E-state index contributed by atoms with van der Waals surface area (Å²) in [7, 11) is 0. The monoisotopic (exact) mass is 197 g/mol. The first kappa shape index (κ1) is 12.0. The number of halogens is 1. The van der Waals surface area contributed by atoms with Crippen molar-refractivity contribution in [2.24, 2.45) is 0 Å². The number of rotatable bonds is 3. The molecular formula is C11H16ClN. The first-order valence-corrected chi connectivity index (χ1v) is 4.23. The lowest BCUT2D eigenvalue weighted by molar-refractivity contribution is 0.572. The number of hydrogen-bond donors (Lipinski definition) is 1. The van der Waals surface area contributed by atoms with Gasteiger partial charge >= 0.3 is 0 Å². The van der Waals surface area contributed by atoms with Crippen molar-refractivity contribution < 1.29 is 0 Å².